The SMILES string of the molecule is O=C(O)CC1(NC(=O)C2CC2c2ccc(F)c(F)c2)CCOCC1. The highest BCUT2D eigenvalue weighted by Crippen LogP contribution is 2.48. The molecule has 2 fully saturated rings. The van der Waals surface area contributed by atoms with Crippen molar-refractivity contribution in [1.82, 2.24) is 5.32 Å². The van der Waals surface area contributed by atoms with Gasteiger partial charge in [-0.2, -0.15) is 0 Å². The van der Waals surface area contributed by atoms with Gasteiger partial charge < -0.3 is 15.2 Å². The summed E-state index contributed by atoms with van der Waals surface area (Å²) in [6.07, 6.45) is 1.31. The van der Waals surface area contributed by atoms with E-state index in [0.717, 1.165) is 12.1 Å². The van der Waals surface area contributed by atoms with Crippen LogP contribution in [0.2, 0.25) is 0 Å². The Kier molecular flexibility index (Phi) is 4.54. The topological polar surface area (TPSA) is 75.6 Å². The quantitative estimate of drug-likeness (QED) is 0.862. The molecule has 1 saturated heterocycles. The van der Waals surface area contributed by atoms with E-state index >= 15 is 0 Å². The van der Waals surface area contributed by atoms with E-state index in [9.17, 15) is 18.4 Å². The summed E-state index contributed by atoms with van der Waals surface area (Å²) in [6.45, 7) is 0.815. The highest BCUT2D eigenvalue weighted by atomic mass is 19.2. The van der Waals surface area contributed by atoms with E-state index in [1.807, 2.05) is 0 Å². The summed E-state index contributed by atoms with van der Waals surface area (Å²) in [5, 5.41) is 12.0. The number of aliphatic carboxylic acids is 1. The van der Waals surface area contributed by atoms with Crippen molar-refractivity contribution < 1.29 is 28.2 Å². The molecule has 7 heteroatoms. The molecule has 1 aromatic rings. The van der Waals surface area contributed by atoms with E-state index in [1.54, 1.807) is 0 Å². The zero-order chi connectivity index (χ0) is 17.3. The number of rotatable bonds is 5. The normalized spacial score (nSPS) is 25.1. The first-order valence-corrected chi connectivity index (χ1v) is 7.97. The number of amides is 1. The average Bonchev–Trinajstić information content (AvgIpc) is 3.30. The molecule has 3 rings (SSSR count). The Hall–Kier alpha value is -2.02. The van der Waals surface area contributed by atoms with Crippen molar-refractivity contribution in [1.29, 1.82) is 0 Å². The Morgan fingerprint density at radius 3 is 2.58 bits per heavy atom. The van der Waals surface area contributed by atoms with Crippen molar-refractivity contribution in [3.8, 4) is 0 Å². The van der Waals surface area contributed by atoms with Crippen LogP contribution in [0.3, 0.4) is 0 Å². The lowest BCUT2D eigenvalue weighted by atomic mass is 9.86. The van der Waals surface area contributed by atoms with Gasteiger partial charge in [-0.1, -0.05) is 6.07 Å². The van der Waals surface area contributed by atoms with Gasteiger partial charge in [0.15, 0.2) is 11.6 Å². The average molecular weight is 339 g/mol. The third kappa shape index (κ3) is 3.56. The molecular formula is C17H19F2NO4. The van der Waals surface area contributed by atoms with Crippen LogP contribution in [-0.4, -0.2) is 35.7 Å². The van der Waals surface area contributed by atoms with Gasteiger partial charge in [0, 0.05) is 19.1 Å². The van der Waals surface area contributed by atoms with Gasteiger partial charge >= 0.3 is 5.97 Å². The smallest absolute Gasteiger partial charge is 0.305 e. The Morgan fingerprint density at radius 2 is 1.96 bits per heavy atom. The minimum absolute atomic E-state index is 0.148. The van der Waals surface area contributed by atoms with Crippen LogP contribution < -0.4 is 5.32 Å². The van der Waals surface area contributed by atoms with Gasteiger partial charge in [0.2, 0.25) is 5.91 Å². The van der Waals surface area contributed by atoms with Crippen molar-refractivity contribution in [2.75, 3.05) is 13.2 Å². The Balaban J connectivity index is 1.66. The van der Waals surface area contributed by atoms with Crippen LogP contribution in [0.15, 0.2) is 18.2 Å². The second-order valence-electron chi connectivity index (χ2n) is 6.57. The van der Waals surface area contributed by atoms with Gasteiger partial charge in [0.05, 0.1) is 12.0 Å². The van der Waals surface area contributed by atoms with Crippen LogP contribution in [0, 0.1) is 17.6 Å². The fourth-order valence-corrected chi connectivity index (χ4v) is 3.35. The minimum atomic E-state index is -0.967. The van der Waals surface area contributed by atoms with E-state index in [-0.39, 0.29) is 24.2 Å². The highest BCUT2D eigenvalue weighted by Gasteiger charge is 2.47. The number of hydrogen-bond acceptors (Lipinski definition) is 3. The van der Waals surface area contributed by atoms with E-state index in [0.29, 0.717) is 38.0 Å². The molecule has 2 atom stereocenters. The number of nitrogens with one attached hydrogen (secondary N) is 1. The van der Waals surface area contributed by atoms with Gasteiger partial charge in [-0.25, -0.2) is 8.78 Å². The molecule has 1 amide bonds. The van der Waals surface area contributed by atoms with Crippen molar-refractivity contribution in [2.45, 2.75) is 37.1 Å². The molecule has 1 saturated carbocycles. The van der Waals surface area contributed by atoms with Crippen LogP contribution in [-0.2, 0) is 14.3 Å². The number of hydrogen-bond donors (Lipinski definition) is 2. The summed E-state index contributed by atoms with van der Waals surface area (Å²) in [5.74, 6) is -3.52. The number of carboxylic acid groups (broad SMARTS) is 1. The largest absolute Gasteiger partial charge is 0.481 e. The first kappa shape index (κ1) is 16.8. The number of carbonyl (C=O) groups excluding carboxylic acids is 1. The van der Waals surface area contributed by atoms with E-state index in [1.165, 1.54) is 6.07 Å². The maximum atomic E-state index is 13.3. The summed E-state index contributed by atoms with van der Waals surface area (Å²) in [7, 11) is 0. The maximum Gasteiger partial charge on any atom is 0.305 e. The molecule has 2 unspecified atom stereocenters. The number of carboxylic acids is 1. The summed E-state index contributed by atoms with van der Waals surface area (Å²) >= 11 is 0. The van der Waals surface area contributed by atoms with Crippen molar-refractivity contribution in [3.63, 3.8) is 0 Å². The van der Waals surface area contributed by atoms with Gasteiger partial charge in [0.25, 0.3) is 0 Å². The van der Waals surface area contributed by atoms with Crippen LogP contribution in [0.1, 0.15) is 37.2 Å². The molecular weight excluding hydrogens is 320 g/mol. The van der Waals surface area contributed by atoms with Gasteiger partial charge in [-0.05, 0) is 42.9 Å². The van der Waals surface area contributed by atoms with Gasteiger partial charge in [0.1, 0.15) is 0 Å². The summed E-state index contributed by atoms with van der Waals surface area (Å²) < 4.78 is 31.6. The van der Waals surface area contributed by atoms with Crippen LogP contribution in [0.25, 0.3) is 0 Å². The third-order valence-corrected chi connectivity index (χ3v) is 4.83. The molecule has 24 heavy (non-hydrogen) atoms. The molecule has 2 N–H and O–H groups in total. The van der Waals surface area contributed by atoms with E-state index < -0.39 is 23.1 Å². The first-order valence-electron chi connectivity index (χ1n) is 7.97. The molecule has 1 aliphatic carbocycles. The second-order valence-corrected chi connectivity index (χ2v) is 6.57. The minimum Gasteiger partial charge on any atom is -0.481 e. The molecule has 2 aliphatic rings. The zero-order valence-corrected chi connectivity index (χ0v) is 13.1. The van der Waals surface area contributed by atoms with Crippen molar-refractivity contribution in [2.24, 2.45) is 5.92 Å². The fourth-order valence-electron chi connectivity index (χ4n) is 3.35. The molecule has 1 aromatic carbocycles. The summed E-state index contributed by atoms with van der Waals surface area (Å²) in [5.41, 5.74) is -0.198. The molecule has 1 heterocycles. The van der Waals surface area contributed by atoms with Gasteiger partial charge in [-0.15, -0.1) is 0 Å². The lowest BCUT2D eigenvalue weighted by Crippen LogP contribution is -2.53. The van der Waals surface area contributed by atoms with Crippen LogP contribution in [0.5, 0.6) is 0 Å². The molecule has 1 aliphatic heterocycles. The summed E-state index contributed by atoms with van der Waals surface area (Å²) in [6, 6.07) is 3.66. The molecule has 130 valence electrons. The van der Waals surface area contributed by atoms with Crippen molar-refractivity contribution in [3.05, 3.63) is 35.4 Å². The predicted octanol–water partition coefficient (Wildman–Crippen LogP) is 2.21. The van der Waals surface area contributed by atoms with E-state index in [4.69, 9.17) is 9.84 Å². The summed E-state index contributed by atoms with van der Waals surface area (Å²) in [4.78, 5) is 23.6. The monoisotopic (exact) mass is 339 g/mol. The van der Waals surface area contributed by atoms with Crippen molar-refractivity contribution >= 4 is 11.9 Å². The number of benzene rings is 1. The standard InChI is InChI=1S/C17H19F2NO4/c18-13-2-1-10(7-14(13)19)11-8-12(11)16(23)20-17(9-15(21)22)3-5-24-6-4-17/h1-2,7,11-12H,3-6,8-9H2,(H,20,23)(H,21,22). The first-order chi connectivity index (χ1) is 11.4. The number of carbonyl (C=O) groups is 2. The Morgan fingerprint density at radius 1 is 1.25 bits per heavy atom. The fraction of sp³-hybridized carbons (Fsp3) is 0.529. The Bertz CT molecular complexity index is 658. The van der Waals surface area contributed by atoms with Crippen LogP contribution >= 0.6 is 0 Å². The molecule has 0 spiro atoms. The third-order valence-electron chi connectivity index (χ3n) is 4.83. The Labute approximate surface area is 138 Å². The van der Waals surface area contributed by atoms with Crippen LogP contribution in [0.4, 0.5) is 8.78 Å². The van der Waals surface area contributed by atoms with Gasteiger partial charge in [-0.3, -0.25) is 9.59 Å². The lowest BCUT2D eigenvalue weighted by molar-refractivity contribution is -0.140. The second kappa shape index (κ2) is 6.47. The predicted molar refractivity (Wildman–Crippen MR) is 80.4 cm³/mol. The lowest BCUT2D eigenvalue weighted by Gasteiger charge is -2.37. The highest BCUT2D eigenvalue weighted by molar-refractivity contribution is 5.84. The molecule has 5 nitrogen and oxygen atoms in total. The molecule has 0 bridgehead atoms. The van der Waals surface area contributed by atoms with E-state index in [2.05, 4.69) is 5.32 Å². The molecule has 0 radical (unpaired) electrons. The molecule has 0 aromatic heterocycles. The number of halogens is 2. The number of ether oxygens (including phenoxy) is 1. The maximum absolute atomic E-state index is 13.3. The zero-order valence-electron chi connectivity index (χ0n) is 13.1.